The second-order valence-corrected chi connectivity index (χ2v) is 5.28. The summed E-state index contributed by atoms with van der Waals surface area (Å²) in [5, 5.41) is 7.32. The van der Waals surface area contributed by atoms with Crippen LogP contribution in [0, 0.1) is 5.41 Å². The third-order valence-corrected chi connectivity index (χ3v) is 3.54. The summed E-state index contributed by atoms with van der Waals surface area (Å²) in [5.74, 6) is 0.0299. The van der Waals surface area contributed by atoms with Crippen molar-refractivity contribution >= 4 is 5.84 Å². The van der Waals surface area contributed by atoms with Gasteiger partial charge in [-0.15, -0.1) is 0 Å². The molecular formula is C14H19F3N4. The number of nitrogens with two attached hydrogens (primary N) is 1. The molecule has 0 aromatic heterocycles. The van der Waals surface area contributed by atoms with Gasteiger partial charge in [-0.05, 0) is 5.56 Å². The maximum absolute atomic E-state index is 12.3. The zero-order chi connectivity index (χ0) is 15.5. The number of nitrogens with zero attached hydrogens (tertiary/aromatic N) is 2. The number of alkyl halides is 3. The number of nitrogens with one attached hydrogen (secondary N) is 1. The van der Waals surface area contributed by atoms with Gasteiger partial charge in [0, 0.05) is 38.3 Å². The molecule has 1 heterocycles. The van der Waals surface area contributed by atoms with Crippen molar-refractivity contribution in [2.75, 3.05) is 32.7 Å². The minimum atomic E-state index is -4.12. The third kappa shape index (κ3) is 5.02. The fraction of sp³-hybridized carbons (Fsp3) is 0.500. The molecule has 0 atom stereocenters. The van der Waals surface area contributed by atoms with Crippen molar-refractivity contribution in [2.24, 2.45) is 5.73 Å². The molecule has 0 spiro atoms. The van der Waals surface area contributed by atoms with Crippen molar-refractivity contribution in [1.82, 2.24) is 9.80 Å². The van der Waals surface area contributed by atoms with Gasteiger partial charge in [-0.2, -0.15) is 13.2 Å². The van der Waals surface area contributed by atoms with E-state index in [9.17, 15) is 13.2 Å². The van der Waals surface area contributed by atoms with Crippen molar-refractivity contribution in [2.45, 2.75) is 12.7 Å². The molecule has 1 aromatic carbocycles. The maximum atomic E-state index is 12.3. The number of halogens is 3. The first-order valence-electron chi connectivity index (χ1n) is 6.78. The van der Waals surface area contributed by atoms with Crippen LogP contribution in [-0.2, 0) is 6.54 Å². The van der Waals surface area contributed by atoms with Gasteiger partial charge in [0.15, 0.2) is 0 Å². The molecule has 0 saturated carbocycles. The average molecular weight is 300 g/mol. The molecule has 1 aliphatic heterocycles. The molecule has 0 aliphatic carbocycles. The number of hydrogen-bond acceptors (Lipinski definition) is 3. The van der Waals surface area contributed by atoms with Crippen LogP contribution >= 0.6 is 0 Å². The zero-order valence-electron chi connectivity index (χ0n) is 11.7. The molecule has 0 unspecified atom stereocenters. The Kier molecular flexibility index (Phi) is 4.84. The largest absolute Gasteiger partial charge is 0.401 e. The predicted octanol–water partition coefficient (Wildman–Crippen LogP) is 1.65. The SMILES string of the molecule is N=C(N)c1ccc(CN2CCN(CC(F)(F)F)CC2)cc1. The van der Waals surface area contributed by atoms with Crippen molar-refractivity contribution in [3.05, 3.63) is 35.4 Å². The van der Waals surface area contributed by atoms with Gasteiger partial charge in [-0.25, -0.2) is 0 Å². The normalized spacial score (nSPS) is 17.9. The molecule has 0 bridgehead atoms. The van der Waals surface area contributed by atoms with E-state index in [-0.39, 0.29) is 5.84 Å². The van der Waals surface area contributed by atoms with Crippen molar-refractivity contribution < 1.29 is 13.2 Å². The van der Waals surface area contributed by atoms with E-state index >= 15 is 0 Å². The van der Waals surface area contributed by atoms with E-state index in [4.69, 9.17) is 11.1 Å². The Morgan fingerprint density at radius 2 is 1.57 bits per heavy atom. The van der Waals surface area contributed by atoms with Crippen LogP contribution in [0.3, 0.4) is 0 Å². The zero-order valence-corrected chi connectivity index (χ0v) is 11.7. The van der Waals surface area contributed by atoms with Gasteiger partial charge < -0.3 is 5.73 Å². The number of nitrogen functional groups attached to an aromatic ring is 1. The number of benzene rings is 1. The molecule has 1 aromatic rings. The molecule has 1 saturated heterocycles. The second-order valence-electron chi connectivity index (χ2n) is 5.28. The monoisotopic (exact) mass is 300 g/mol. The van der Waals surface area contributed by atoms with Crippen LogP contribution in [0.25, 0.3) is 0 Å². The van der Waals surface area contributed by atoms with E-state index in [2.05, 4.69) is 4.90 Å². The molecule has 2 rings (SSSR count). The highest BCUT2D eigenvalue weighted by Crippen LogP contribution is 2.18. The van der Waals surface area contributed by atoms with Crippen LogP contribution in [0.1, 0.15) is 11.1 Å². The van der Waals surface area contributed by atoms with Crippen LogP contribution in [0.2, 0.25) is 0 Å². The van der Waals surface area contributed by atoms with Gasteiger partial charge in [-0.3, -0.25) is 15.2 Å². The quantitative estimate of drug-likeness (QED) is 0.657. The lowest BCUT2D eigenvalue weighted by molar-refractivity contribution is -0.149. The Hall–Kier alpha value is -1.60. The van der Waals surface area contributed by atoms with Crippen LogP contribution in [-0.4, -0.2) is 54.5 Å². The average Bonchev–Trinajstić information content (AvgIpc) is 2.40. The Balaban J connectivity index is 1.82. The van der Waals surface area contributed by atoms with E-state index in [0.29, 0.717) is 38.3 Å². The van der Waals surface area contributed by atoms with Gasteiger partial charge in [0.2, 0.25) is 0 Å². The van der Waals surface area contributed by atoms with E-state index in [1.54, 1.807) is 12.1 Å². The Labute approximate surface area is 121 Å². The van der Waals surface area contributed by atoms with Crippen LogP contribution in [0.15, 0.2) is 24.3 Å². The number of rotatable bonds is 4. The molecule has 7 heteroatoms. The fourth-order valence-corrected chi connectivity index (χ4v) is 2.41. The second kappa shape index (κ2) is 6.44. The topological polar surface area (TPSA) is 56.4 Å². The predicted molar refractivity (Wildman–Crippen MR) is 75.2 cm³/mol. The summed E-state index contributed by atoms with van der Waals surface area (Å²) >= 11 is 0. The molecule has 116 valence electrons. The fourth-order valence-electron chi connectivity index (χ4n) is 2.41. The number of piperazine rings is 1. The van der Waals surface area contributed by atoms with E-state index < -0.39 is 12.7 Å². The van der Waals surface area contributed by atoms with Gasteiger partial charge >= 0.3 is 6.18 Å². The summed E-state index contributed by atoms with van der Waals surface area (Å²) in [6, 6.07) is 7.38. The van der Waals surface area contributed by atoms with Gasteiger partial charge in [0.25, 0.3) is 0 Å². The van der Waals surface area contributed by atoms with E-state index in [1.807, 2.05) is 12.1 Å². The summed E-state index contributed by atoms with van der Waals surface area (Å²) < 4.78 is 36.9. The van der Waals surface area contributed by atoms with Crippen LogP contribution < -0.4 is 5.73 Å². The summed E-state index contributed by atoms with van der Waals surface area (Å²) in [6.07, 6.45) is -4.12. The Bertz CT molecular complexity index is 476. The summed E-state index contributed by atoms with van der Waals surface area (Å²) in [4.78, 5) is 3.57. The molecule has 1 fully saturated rings. The highest BCUT2D eigenvalue weighted by atomic mass is 19.4. The minimum absolute atomic E-state index is 0.0299. The van der Waals surface area contributed by atoms with Crippen LogP contribution in [0.4, 0.5) is 13.2 Å². The van der Waals surface area contributed by atoms with Crippen LogP contribution in [0.5, 0.6) is 0 Å². The van der Waals surface area contributed by atoms with E-state index in [1.165, 1.54) is 4.90 Å². The van der Waals surface area contributed by atoms with Gasteiger partial charge in [0.1, 0.15) is 5.84 Å². The summed E-state index contributed by atoms with van der Waals surface area (Å²) in [5.41, 5.74) is 7.14. The molecule has 0 amide bonds. The van der Waals surface area contributed by atoms with Gasteiger partial charge in [0.05, 0.1) is 6.54 Å². The van der Waals surface area contributed by atoms with Crippen molar-refractivity contribution in [3.8, 4) is 0 Å². The first-order chi connectivity index (χ1) is 9.83. The molecule has 21 heavy (non-hydrogen) atoms. The molecular weight excluding hydrogens is 281 g/mol. The maximum Gasteiger partial charge on any atom is 0.401 e. The summed E-state index contributed by atoms with van der Waals surface area (Å²) in [7, 11) is 0. The Morgan fingerprint density at radius 1 is 1.05 bits per heavy atom. The molecule has 4 nitrogen and oxygen atoms in total. The number of hydrogen-bond donors (Lipinski definition) is 2. The lowest BCUT2D eigenvalue weighted by atomic mass is 10.1. The van der Waals surface area contributed by atoms with Crippen molar-refractivity contribution in [3.63, 3.8) is 0 Å². The third-order valence-electron chi connectivity index (χ3n) is 3.54. The smallest absolute Gasteiger partial charge is 0.384 e. The first kappa shape index (κ1) is 15.8. The van der Waals surface area contributed by atoms with Crippen molar-refractivity contribution in [1.29, 1.82) is 5.41 Å². The molecule has 3 N–H and O–H groups in total. The molecule has 0 radical (unpaired) electrons. The number of amidine groups is 1. The lowest BCUT2D eigenvalue weighted by Crippen LogP contribution is -2.48. The highest BCUT2D eigenvalue weighted by Gasteiger charge is 2.32. The van der Waals surface area contributed by atoms with E-state index in [0.717, 1.165) is 5.56 Å². The van der Waals surface area contributed by atoms with Gasteiger partial charge in [-0.1, -0.05) is 24.3 Å². The Morgan fingerprint density at radius 3 is 2.05 bits per heavy atom. The molecule has 1 aliphatic rings. The first-order valence-corrected chi connectivity index (χ1v) is 6.78. The summed E-state index contributed by atoms with van der Waals surface area (Å²) in [6.45, 7) is 2.01. The minimum Gasteiger partial charge on any atom is -0.384 e. The lowest BCUT2D eigenvalue weighted by Gasteiger charge is -2.35. The highest BCUT2D eigenvalue weighted by molar-refractivity contribution is 5.94. The standard InChI is InChI=1S/C14H19F3N4/c15-14(16,17)10-21-7-5-20(6-8-21)9-11-1-3-12(4-2-11)13(18)19/h1-4H,5-10H2,(H3,18,19).